The van der Waals surface area contributed by atoms with Gasteiger partial charge < -0.3 is 15.0 Å². The van der Waals surface area contributed by atoms with Gasteiger partial charge in [-0.3, -0.25) is 9.69 Å². The number of carbonyl (C=O) groups is 1. The molecule has 2 N–H and O–H groups in total. The molecule has 2 rings (SSSR count). The lowest BCUT2D eigenvalue weighted by atomic mass is 9.95. The fraction of sp³-hybridized carbons (Fsp3) is 0.667. The van der Waals surface area contributed by atoms with Gasteiger partial charge in [-0.05, 0) is 45.9 Å². The lowest BCUT2D eigenvalue weighted by Gasteiger charge is -2.27. The zero-order chi connectivity index (χ0) is 23.1. The van der Waals surface area contributed by atoms with E-state index in [9.17, 15) is 13.2 Å². The molecule has 0 aromatic heterocycles. The second-order valence-corrected chi connectivity index (χ2v) is 10.2. The Morgan fingerprint density at radius 2 is 1.87 bits per heavy atom. The van der Waals surface area contributed by atoms with Crippen LogP contribution in [0.15, 0.2) is 23.1 Å². The number of benzene rings is 1. The van der Waals surface area contributed by atoms with Crippen LogP contribution in [0.25, 0.3) is 0 Å². The largest absolute Gasteiger partial charge is 0.379 e. The van der Waals surface area contributed by atoms with Crippen molar-refractivity contribution in [1.29, 1.82) is 0 Å². The Morgan fingerprint density at radius 1 is 1.23 bits per heavy atom. The second kappa shape index (κ2) is 11.5. The van der Waals surface area contributed by atoms with Crippen molar-refractivity contribution in [1.82, 2.24) is 9.62 Å². The van der Waals surface area contributed by atoms with Crippen molar-refractivity contribution in [2.24, 2.45) is 5.41 Å². The molecule has 1 saturated heterocycles. The third-order valence-corrected chi connectivity index (χ3v) is 7.54. The first-order chi connectivity index (χ1) is 14.6. The average molecular weight is 475 g/mol. The van der Waals surface area contributed by atoms with E-state index in [-0.39, 0.29) is 16.7 Å². The van der Waals surface area contributed by atoms with Crippen molar-refractivity contribution in [3.8, 4) is 0 Å². The number of sulfonamides is 1. The van der Waals surface area contributed by atoms with Gasteiger partial charge in [-0.1, -0.05) is 0 Å². The molecule has 0 saturated carbocycles. The van der Waals surface area contributed by atoms with E-state index in [1.54, 1.807) is 26.0 Å². The molecule has 1 aromatic rings. The van der Waals surface area contributed by atoms with Crippen molar-refractivity contribution in [3.63, 3.8) is 0 Å². The minimum Gasteiger partial charge on any atom is -0.379 e. The van der Waals surface area contributed by atoms with Gasteiger partial charge in [0.05, 0.1) is 24.3 Å². The number of anilines is 2. The number of morpholine rings is 1. The fourth-order valence-electron chi connectivity index (χ4n) is 3.23. The molecule has 8 nitrogen and oxygen atoms in total. The number of hydrogen-bond donors (Lipinski definition) is 2. The average Bonchev–Trinajstić information content (AvgIpc) is 2.76. The Morgan fingerprint density at radius 3 is 2.45 bits per heavy atom. The maximum atomic E-state index is 13.2. The minimum atomic E-state index is -3.78. The molecule has 1 amide bonds. The van der Waals surface area contributed by atoms with Crippen LogP contribution in [0.5, 0.6) is 0 Å². The van der Waals surface area contributed by atoms with Gasteiger partial charge in [0.15, 0.2) is 0 Å². The zero-order valence-electron chi connectivity index (χ0n) is 18.9. The Kier molecular flexibility index (Phi) is 9.57. The number of carbonyl (C=O) groups excluding carboxylic acids is 1. The molecule has 0 bridgehead atoms. The van der Waals surface area contributed by atoms with Gasteiger partial charge in [0.25, 0.3) is 0 Å². The van der Waals surface area contributed by atoms with Crippen LogP contribution >= 0.6 is 11.6 Å². The molecule has 1 aliphatic rings. The molecule has 0 spiro atoms. The Balaban J connectivity index is 2.26. The maximum absolute atomic E-state index is 13.2. The summed E-state index contributed by atoms with van der Waals surface area (Å²) < 4.78 is 34.5. The SMILES string of the molecule is CCN(CC)c1ccc(NC(=O)C(C)(C)CCl)cc1S(=O)(=O)NCCN1CCOCC1. The van der Waals surface area contributed by atoms with Crippen molar-refractivity contribution in [3.05, 3.63) is 18.2 Å². The van der Waals surface area contributed by atoms with Gasteiger partial charge in [-0.25, -0.2) is 13.1 Å². The number of nitrogens with zero attached hydrogens (tertiary/aromatic N) is 2. The number of hydrogen-bond acceptors (Lipinski definition) is 6. The van der Waals surface area contributed by atoms with Crippen molar-refractivity contribution in [2.45, 2.75) is 32.6 Å². The summed E-state index contributed by atoms with van der Waals surface area (Å²) in [7, 11) is -3.78. The van der Waals surface area contributed by atoms with E-state index in [1.165, 1.54) is 6.07 Å². The Hall–Kier alpha value is -1.39. The highest BCUT2D eigenvalue weighted by Crippen LogP contribution is 2.29. The van der Waals surface area contributed by atoms with Crippen LogP contribution in [0.1, 0.15) is 27.7 Å². The molecule has 1 aliphatic heterocycles. The quantitative estimate of drug-likeness (QED) is 0.478. The zero-order valence-corrected chi connectivity index (χ0v) is 20.5. The molecule has 1 fully saturated rings. The van der Waals surface area contributed by atoms with E-state index in [1.807, 2.05) is 18.7 Å². The summed E-state index contributed by atoms with van der Waals surface area (Å²) in [5, 5.41) is 2.80. The highest BCUT2D eigenvalue weighted by atomic mass is 35.5. The second-order valence-electron chi connectivity index (χ2n) is 8.18. The lowest BCUT2D eigenvalue weighted by Crippen LogP contribution is -2.41. The summed E-state index contributed by atoms with van der Waals surface area (Å²) in [6.07, 6.45) is 0. The minimum absolute atomic E-state index is 0.152. The maximum Gasteiger partial charge on any atom is 0.242 e. The summed E-state index contributed by atoms with van der Waals surface area (Å²) in [6, 6.07) is 4.99. The number of amides is 1. The predicted octanol–water partition coefficient (Wildman–Crippen LogP) is 2.35. The number of rotatable bonds is 11. The first-order valence-electron chi connectivity index (χ1n) is 10.7. The first-order valence-corrected chi connectivity index (χ1v) is 12.7. The monoisotopic (exact) mass is 474 g/mol. The van der Waals surface area contributed by atoms with Gasteiger partial charge >= 0.3 is 0 Å². The molecule has 0 radical (unpaired) electrons. The molecule has 0 unspecified atom stereocenters. The highest BCUT2D eigenvalue weighted by Gasteiger charge is 2.28. The molecule has 10 heteroatoms. The third kappa shape index (κ3) is 7.05. The molecular weight excluding hydrogens is 440 g/mol. The van der Waals surface area contributed by atoms with Crippen LogP contribution in [-0.4, -0.2) is 77.6 Å². The van der Waals surface area contributed by atoms with Gasteiger partial charge in [-0.2, -0.15) is 0 Å². The molecular formula is C21H35ClN4O4S. The lowest BCUT2D eigenvalue weighted by molar-refractivity contribution is -0.122. The number of halogens is 1. The van der Waals surface area contributed by atoms with E-state index in [0.29, 0.717) is 50.8 Å². The van der Waals surface area contributed by atoms with Gasteiger partial charge in [0, 0.05) is 50.8 Å². The van der Waals surface area contributed by atoms with Gasteiger partial charge in [0.1, 0.15) is 4.90 Å². The van der Waals surface area contributed by atoms with Gasteiger partial charge in [0.2, 0.25) is 15.9 Å². The number of ether oxygens (including phenoxy) is 1. The van der Waals surface area contributed by atoms with Crippen LogP contribution in [0.4, 0.5) is 11.4 Å². The van der Waals surface area contributed by atoms with Crippen LogP contribution in [-0.2, 0) is 19.6 Å². The molecule has 0 atom stereocenters. The van der Waals surface area contributed by atoms with Crippen LogP contribution in [0.2, 0.25) is 0 Å². The van der Waals surface area contributed by atoms with E-state index in [0.717, 1.165) is 13.1 Å². The van der Waals surface area contributed by atoms with Gasteiger partial charge in [-0.15, -0.1) is 11.6 Å². The van der Waals surface area contributed by atoms with Crippen LogP contribution in [0.3, 0.4) is 0 Å². The normalized spacial score (nSPS) is 15.6. The standard InChI is InChI=1S/C21H35ClN4O4S/c1-5-26(6-2)18-8-7-17(24-20(27)21(3,4)16-22)15-19(18)31(28,29)23-9-10-25-11-13-30-14-12-25/h7-8,15,23H,5-6,9-14,16H2,1-4H3,(H,24,27). The molecule has 1 heterocycles. The molecule has 176 valence electrons. The van der Waals surface area contributed by atoms with Crippen molar-refractivity contribution < 1.29 is 17.9 Å². The number of alkyl halides is 1. The predicted molar refractivity (Wildman–Crippen MR) is 126 cm³/mol. The van der Waals surface area contributed by atoms with Crippen LogP contribution in [0, 0.1) is 5.41 Å². The topological polar surface area (TPSA) is 91.0 Å². The highest BCUT2D eigenvalue weighted by molar-refractivity contribution is 7.89. The van der Waals surface area contributed by atoms with E-state index in [4.69, 9.17) is 16.3 Å². The summed E-state index contributed by atoms with van der Waals surface area (Å²) in [4.78, 5) is 16.8. The smallest absolute Gasteiger partial charge is 0.242 e. The summed E-state index contributed by atoms with van der Waals surface area (Å²) in [5.41, 5.74) is 0.264. The third-order valence-electron chi connectivity index (χ3n) is 5.38. The van der Waals surface area contributed by atoms with E-state index in [2.05, 4.69) is 14.9 Å². The van der Waals surface area contributed by atoms with Crippen molar-refractivity contribution in [2.75, 3.05) is 68.6 Å². The summed E-state index contributed by atoms with van der Waals surface area (Å²) >= 11 is 5.90. The van der Waals surface area contributed by atoms with Crippen molar-refractivity contribution >= 4 is 38.9 Å². The summed E-state index contributed by atoms with van der Waals surface area (Å²) in [6.45, 7) is 12.6. The van der Waals surface area contributed by atoms with Crippen LogP contribution < -0.4 is 14.9 Å². The molecule has 0 aliphatic carbocycles. The Bertz CT molecular complexity index is 838. The molecule has 1 aromatic carbocycles. The fourth-order valence-corrected chi connectivity index (χ4v) is 4.63. The Labute approximate surface area is 191 Å². The number of nitrogens with one attached hydrogen (secondary N) is 2. The summed E-state index contributed by atoms with van der Waals surface area (Å²) in [5.74, 6) is -0.105. The molecule has 31 heavy (non-hydrogen) atoms. The van der Waals surface area contributed by atoms with E-state index >= 15 is 0 Å². The van der Waals surface area contributed by atoms with E-state index < -0.39 is 15.4 Å². The first kappa shape index (κ1) is 25.9.